The highest BCUT2D eigenvalue weighted by Gasteiger charge is 2.45. The number of carbonyl (C=O) groups excluding carboxylic acids is 1. The molecule has 1 amide bonds. The van der Waals surface area contributed by atoms with Crippen LogP contribution in [0.1, 0.15) is 31.2 Å². The van der Waals surface area contributed by atoms with Gasteiger partial charge in [-0.25, -0.2) is 0 Å². The van der Waals surface area contributed by atoms with Crippen molar-refractivity contribution in [3.63, 3.8) is 0 Å². The van der Waals surface area contributed by atoms with Crippen LogP contribution in [-0.2, 0) is 11.2 Å². The van der Waals surface area contributed by atoms with E-state index in [1.54, 1.807) is 18.2 Å². The molecule has 1 aliphatic heterocycles. The first kappa shape index (κ1) is 17.4. The van der Waals surface area contributed by atoms with Crippen LogP contribution in [0.15, 0.2) is 18.2 Å². The first-order chi connectivity index (χ1) is 10.3. The molecule has 0 bridgehead atoms. The number of nitrogens with zero attached hydrogens (tertiary/aromatic N) is 1. The number of alkyl halides is 3. The Hall–Kier alpha value is -0.940. The second-order valence-electron chi connectivity index (χ2n) is 5.34. The third-order valence-corrected chi connectivity index (χ3v) is 4.56. The average Bonchev–Trinajstić information content (AvgIpc) is 2.45. The molecule has 1 unspecified atom stereocenters. The zero-order chi connectivity index (χ0) is 16.3. The molecule has 1 aliphatic rings. The smallest absolute Gasteiger partial charge is 0.331 e. The Morgan fingerprint density at radius 1 is 1.23 bits per heavy atom. The van der Waals surface area contributed by atoms with Crippen molar-refractivity contribution in [3.05, 3.63) is 33.8 Å². The zero-order valence-corrected chi connectivity index (χ0v) is 13.3. The van der Waals surface area contributed by atoms with E-state index in [0.29, 0.717) is 28.5 Å². The molecule has 1 fully saturated rings. The molecule has 0 spiro atoms. The number of hydrogen-bond donors (Lipinski definition) is 0. The maximum Gasteiger partial charge on any atom is 0.408 e. The SMILES string of the molecule is O=C(CCc1c(Cl)cccc1Cl)N1CCCCC1C(F)(F)F. The highest BCUT2D eigenvalue weighted by atomic mass is 35.5. The van der Waals surface area contributed by atoms with Crippen molar-refractivity contribution < 1.29 is 18.0 Å². The summed E-state index contributed by atoms with van der Waals surface area (Å²) in [5, 5.41) is 0.845. The third-order valence-electron chi connectivity index (χ3n) is 3.85. The van der Waals surface area contributed by atoms with Crippen LogP contribution in [0, 0.1) is 0 Å². The largest absolute Gasteiger partial charge is 0.408 e. The van der Waals surface area contributed by atoms with Crippen LogP contribution >= 0.6 is 23.2 Å². The number of benzene rings is 1. The van der Waals surface area contributed by atoms with Gasteiger partial charge in [0.25, 0.3) is 0 Å². The van der Waals surface area contributed by atoms with Crippen LogP contribution in [0.4, 0.5) is 13.2 Å². The molecule has 1 heterocycles. The van der Waals surface area contributed by atoms with Crippen molar-refractivity contribution in [2.75, 3.05) is 6.54 Å². The molecule has 22 heavy (non-hydrogen) atoms. The van der Waals surface area contributed by atoms with E-state index in [0.717, 1.165) is 4.90 Å². The van der Waals surface area contributed by atoms with Crippen molar-refractivity contribution >= 4 is 29.1 Å². The van der Waals surface area contributed by atoms with Gasteiger partial charge in [-0.15, -0.1) is 0 Å². The Balaban J connectivity index is 2.05. The van der Waals surface area contributed by atoms with Crippen molar-refractivity contribution in [2.45, 2.75) is 44.3 Å². The fourth-order valence-electron chi connectivity index (χ4n) is 2.72. The van der Waals surface area contributed by atoms with E-state index in [1.807, 2.05) is 0 Å². The summed E-state index contributed by atoms with van der Waals surface area (Å²) in [5.41, 5.74) is 0.597. The predicted octanol–water partition coefficient (Wildman–Crippen LogP) is 4.87. The standard InChI is InChI=1S/C15H16Cl2F3NO/c16-11-4-3-5-12(17)10(11)7-8-14(22)21-9-2-1-6-13(21)15(18,19)20/h3-5,13H,1-2,6-9H2. The molecule has 0 radical (unpaired) electrons. The van der Waals surface area contributed by atoms with E-state index < -0.39 is 18.1 Å². The van der Waals surface area contributed by atoms with Gasteiger partial charge in [-0.2, -0.15) is 13.2 Å². The molecule has 1 aromatic rings. The van der Waals surface area contributed by atoms with E-state index in [9.17, 15) is 18.0 Å². The number of likely N-dealkylation sites (tertiary alicyclic amines) is 1. The second kappa shape index (κ2) is 7.09. The molecule has 1 aromatic carbocycles. The molecule has 0 aliphatic carbocycles. The van der Waals surface area contributed by atoms with Crippen LogP contribution in [0.3, 0.4) is 0 Å². The fourth-order valence-corrected chi connectivity index (χ4v) is 3.30. The Bertz CT molecular complexity index is 528. The quantitative estimate of drug-likeness (QED) is 0.758. The van der Waals surface area contributed by atoms with Crippen LogP contribution in [0.2, 0.25) is 10.0 Å². The number of amides is 1. The van der Waals surface area contributed by atoms with Gasteiger partial charge in [0.2, 0.25) is 5.91 Å². The van der Waals surface area contributed by atoms with Crippen molar-refractivity contribution in [3.8, 4) is 0 Å². The Morgan fingerprint density at radius 3 is 2.45 bits per heavy atom. The Labute approximate surface area is 137 Å². The summed E-state index contributed by atoms with van der Waals surface area (Å²) in [6.45, 7) is 0.152. The third kappa shape index (κ3) is 4.07. The fraction of sp³-hybridized carbons (Fsp3) is 0.533. The molecule has 1 atom stereocenters. The summed E-state index contributed by atoms with van der Waals surface area (Å²) < 4.78 is 39.0. The van der Waals surface area contributed by atoms with E-state index in [1.165, 1.54) is 0 Å². The number of piperidine rings is 1. The van der Waals surface area contributed by atoms with E-state index in [2.05, 4.69) is 0 Å². The Morgan fingerprint density at radius 2 is 1.86 bits per heavy atom. The molecule has 122 valence electrons. The summed E-state index contributed by atoms with van der Waals surface area (Å²) in [7, 11) is 0. The van der Waals surface area contributed by atoms with Crippen molar-refractivity contribution in [1.29, 1.82) is 0 Å². The molecule has 2 rings (SSSR count). The normalized spacial score (nSPS) is 19.3. The van der Waals surface area contributed by atoms with E-state index in [-0.39, 0.29) is 25.8 Å². The molecule has 0 saturated carbocycles. The summed E-state index contributed by atoms with van der Waals surface area (Å²) in [4.78, 5) is 13.1. The molecule has 0 aromatic heterocycles. The predicted molar refractivity (Wildman–Crippen MR) is 80.2 cm³/mol. The lowest BCUT2D eigenvalue weighted by Crippen LogP contribution is -2.51. The Kier molecular flexibility index (Phi) is 5.61. The van der Waals surface area contributed by atoms with Gasteiger partial charge in [0.15, 0.2) is 0 Å². The van der Waals surface area contributed by atoms with Gasteiger partial charge in [0.05, 0.1) is 0 Å². The molecule has 2 nitrogen and oxygen atoms in total. The van der Waals surface area contributed by atoms with Gasteiger partial charge in [-0.1, -0.05) is 29.3 Å². The molecular weight excluding hydrogens is 338 g/mol. The van der Waals surface area contributed by atoms with E-state index >= 15 is 0 Å². The van der Waals surface area contributed by atoms with Crippen LogP contribution in [0.5, 0.6) is 0 Å². The minimum Gasteiger partial charge on any atom is -0.331 e. The molecular formula is C15H16Cl2F3NO. The van der Waals surface area contributed by atoms with Gasteiger partial charge in [0.1, 0.15) is 6.04 Å². The molecule has 0 N–H and O–H groups in total. The van der Waals surface area contributed by atoms with Crippen molar-refractivity contribution in [2.24, 2.45) is 0 Å². The maximum atomic E-state index is 13.0. The lowest BCUT2D eigenvalue weighted by molar-refractivity contribution is -0.195. The lowest BCUT2D eigenvalue weighted by Gasteiger charge is -2.36. The summed E-state index contributed by atoms with van der Waals surface area (Å²) in [5.74, 6) is -0.502. The monoisotopic (exact) mass is 353 g/mol. The van der Waals surface area contributed by atoms with Gasteiger partial charge in [0, 0.05) is 23.0 Å². The first-order valence-corrected chi connectivity index (χ1v) is 7.85. The minimum absolute atomic E-state index is 0.0257. The second-order valence-corrected chi connectivity index (χ2v) is 6.15. The van der Waals surface area contributed by atoms with Crippen LogP contribution in [0.25, 0.3) is 0 Å². The van der Waals surface area contributed by atoms with Crippen LogP contribution < -0.4 is 0 Å². The van der Waals surface area contributed by atoms with Gasteiger partial charge >= 0.3 is 6.18 Å². The summed E-state index contributed by atoms with van der Waals surface area (Å²) >= 11 is 12.0. The number of rotatable bonds is 3. The topological polar surface area (TPSA) is 20.3 Å². The summed E-state index contributed by atoms with van der Waals surface area (Å²) in [6, 6.07) is 3.30. The maximum absolute atomic E-state index is 13.0. The lowest BCUT2D eigenvalue weighted by atomic mass is 10.0. The first-order valence-electron chi connectivity index (χ1n) is 7.10. The van der Waals surface area contributed by atoms with Gasteiger partial charge < -0.3 is 4.90 Å². The minimum atomic E-state index is -4.38. The average molecular weight is 354 g/mol. The van der Waals surface area contributed by atoms with Gasteiger partial charge in [-0.3, -0.25) is 4.79 Å². The highest BCUT2D eigenvalue weighted by molar-refractivity contribution is 6.36. The van der Waals surface area contributed by atoms with Gasteiger partial charge in [-0.05, 0) is 43.4 Å². The highest BCUT2D eigenvalue weighted by Crippen LogP contribution is 2.33. The zero-order valence-electron chi connectivity index (χ0n) is 11.8. The molecule has 1 saturated heterocycles. The number of carbonyl (C=O) groups is 1. The van der Waals surface area contributed by atoms with E-state index in [4.69, 9.17) is 23.2 Å². The molecule has 7 heteroatoms. The summed E-state index contributed by atoms with van der Waals surface area (Å²) in [6.07, 6.45) is -3.11. The number of hydrogen-bond acceptors (Lipinski definition) is 1. The number of halogens is 5. The van der Waals surface area contributed by atoms with Crippen LogP contribution in [-0.4, -0.2) is 29.6 Å². The van der Waals surface area contributed by atoms with Crippen molar-refractivity contribution in [1.82, 2.24) is 4.90 Å².